The Hall–Kier alpha value is -2.66. The molecule has 2 atom stereocenters. The van der Waals surface area contributed by atoms with E-state index >= 15 is 0 Å². The molecule has 2 unspecified atom stereocenters. The van der Waals surface area contributed by atoms with E-state index in [9.17, 15) is 14.7 Å². The summed E-state index contributed by atoms with van der Waals surface area (Å²) in [4.78, 5) is 24.0. The van der Waals surface area contributed by atoms with Gasteiger partial charge in [-0.3, -0.25) is 9.59 Å². The number of aliphatic carboxylic acids is 1. The van der Waals surface area contributed by atoms with Crippen molar-refractivity contribution in [3.05, 3.63) is 71.8 Å². The van der Waals surface area contributed by atoms with Crippen molar-refractivity contribution in [1.29, 1.82) is 0 Å². The number of amides is 1. The van der Waals surface area contributed by atoms with Gasteiger partial charge in [-0.05, 0) is 29.9 Å². The molecule has 0 radical (unpaired) electrons. The van der Waals surface area contributed by atoms with E-state index in [1.807, 2.05) is 48.5 Å². The maximum absolute atomic E-state index is 12.8. The summed E-state index contributed by atoms with van der Waals surface area (Å²) in [7, 11) is 0. The van der Waals surface area contributed by atoms with Crippen molar-refractivity contribution in [3.8, 4) is 0 Å². The highest BCUT2D eigenvalue weighted by Gasteiger charge is 2.38. The van der Waals surface area contributed by atoms with E-state index in [0.29, 0.717) is 19.4 Å². The van der Waals surface area contributed by atoms with Gasteiger partial charge in [0.1, 0.15) is 0 Å². The summed E-state index contributed by atoms with van der Waals surface area (Å²) in [6.45, 7) is 0.722. The predicted molar refractivity (Wildman–Crippen MR) is 103 cm³/mol. The zero-order chi connectivity index (χ0) is 19.1. The summed E-state index contributed by atoms with van der Waals surface area (Å²) in [5.74, 6) is -1.03. The summed E-state index contributed by atoms with van der Waals surface area (Å²) >= 11 is 0. The van der Waals surface area contributed by atoms with Crippen LogP contribution in [0, 0.1) is 0 Å². The molecule has 142 valence electrons. The molecule has 3 rings (SSSR count). The number of hydrogen-bond acceptors (Lipinski definition) is 3. The highest BCUT2D eigenvalue weighted by atomic mass is 16.5. The fourth-order valence-electron chi connectivity index (χ4n) is 3.68. The Morgan fingerprint density at radius 1 is 1.07 bits per heavy atom. The van der Waals surface area contributed by atoms with Crippen LogP contribution >= 0.6 is 0 Å². The Morgan fingerprint density at radius 2 is 1.74 bits per heavy atom. The molecular weight excluding hydrogens is 342 g/mol. The molecule has 1 heterocycles. The maximum Gasteiger partial charge on any atom is 0.305 e. The van der Waals surface area contributed by atoms with Crippen molar-refractivity contribution in [2.75, 3.05) is 13.2 Å². The third-order valence-electron chi connectivity index (χ3n) is 5.03. The number of hydrogen-bond donors (Lipinski definition) is 2. The third-order valence-corrected chi connectivity index (χ3v) is 5.03. The van der Waals surface area contributed by atoms with Crippen molar-refractivity contribution >= 4 is 11.9 Å². The minimum absolute atomic E-state index is 0.0257. The third kappa shape index (κ3) is 5.41. The van der Waals surface area contributed by atoms with Crippen LogP contribution in [0.1, 0.15) is 36.3 Å². The zero-order valence-corrected chi connectivity index (χ0v) is 15.3. The Balaban J connectivity index is 1.73. The molecule has 0 bridgehead atoms. The number of carboxylic acid groups (broad SMARTS) is 1. The normalized spacial score (nSPS) is 20.1. The predicted octanol–water partition coefficient (Wildman–Crippen LogP) is 3.15. The van der Waals surface area contributed by atoms with E-state index in [2.05, 4.69) is 17.4 Å². The van der Waals surface area contributed by atoms with E-state index in [1.165, 1.54) is 5.56 Å². The van der Waals surface area contributed by atoms with Crippen LogP contribution in [-0.4, -0.2) is 35.7 Å². The topological polar surface area (TPSA) is 75.6 Å². The Labute approximate surface area is 159 Å². The first-order valence-corrected chi connectivity index (χ1v) is 9.26. The number of benzene rings is 2. The lowest BCUT2D eigenvalue weighted by Gasteiger charge is -2.28. The van der Waals surface area contributed by atoms with Crippen molar-refractivity contribution in [1.82, 2.24) is 5.32 Å². The van der Waals surface area contributed by atoms with Crippen LogP contribution < -0.4 is 5.32 Å². The Kier molecular flexibility index (Phi) is 6.24. The van der Waals surface area contributed by atoms with Crippen LogP contribution in [0.15, 0.2) is 60.7 Å². The maximum atomic E-state index is 12.8. The summed E-state index contributed by atoms with van der Waals surface area (Å²) in [5, 5.41) is 12.2. The van der Waals surface area contributed by atoms with Gasteiger partial charge in [0, 0.05) is 13.0 Å². The summed E-state index contributed by atoms with van der Waals surface area (Å²) in [6, 6.07) is 20.1. The smallest absolute Gasteiger partial charge is 0.305 e. The van der Waals surface area contributed by atoms with Gasteiger partial charge in [-0.1, -0.05) is 60.7 Å². The first-order valence-electron chi connectivity index (χ1n) is 9.26. The number of carbonyl (C=O) groups is 2. The van der Waals surface area contributed by atoms with Crippen LogP contribution in [0.4, 0.5) is 0 Å². The van der Waals surface area contributed by atoms with Crippen molar-refractivity contribution < 1.29 is 19.4 Å². The number of carboxylic acids is 1. The summed E-state index contributed by atoms with van der Waals surface area (Å²) in [6.07, 6.45) is 1.47. The van der Waals surface area contributed by atoms with Gasteiger partial charge in [0.05, 0.1) is 18.6 Å². The Morgan fingerprint density at radius 3 is 2.33 bits per heavy atom. The molecule has 2 aromatic carbocycles. The van der Waals surface area contributed by atoms with Gasteiger partial charge in [0.2, 0.25) is 5.91 Å². The second-order valence-electron chi connectivity index (χ2n) is 7.20. The van der Waals surface area contributed by atoms with E-state index in [0.717, 1.165) is 12.0 Å². The van der Waals surface area contributed by atoms with Crippen LogP contribution in [-0.2, 0) is 20.7 Å². The SMILES string of the molecule is O=C(O)CC1(NC(=O)CC(Cc2ccccc2)c2ccccc2)CCOC1. The first kappa shape index (κ1) is 19.1. The lowest BCUT2D eigenvalue weighted by molar-refractivity contribution is -0.139. The molecular formula is C22H25NO4. The quantitative estimate of drug-likeness (QED) is 0.751. The van der Waals surface area contributed by atoms with Crippen molar-refractivity contribution in [2.24, 2.45) is 0 Å². The molecule has 27 heavy (non-hydrogen) atoms. The summed E-state index contributed by atoms with van der Waals surface area (Å²) in [5.41, 5.74) is 1.48. The molecule has 1 aliphatic heterocycles. The molecule has 1 aliphatic rings. The van der Waals surface area contributed by atoms with Gasteiger partial charge in [-0.2, -0.15) is 0 Å². The van der Waals surface area contributed by atoms with Crippen molar-refractivity contribution in [2.45, 2.75) is 37.1 Å². The molecule has 0 saturated carbocycles. The molecule has 1 fully saturated rings. The minimum atomic E-state index is -0.926. The lowest BCUT2D eigenvalue weighted by atomic mass is 9.88. The molecule has 0 spiro atoms. The molecule has 1 saturated heterocycles. The second kappa shape index (κ2) is 8.82. The molecule has 0 aromatic heterocycles. The number of nitrogens with one attached hydrogen (secondary N) is 1. The molecule has 1 amide bonds. The van der Waals surface area contributed by atoms with E-state index in [-0.39, 0.29) is 24.9 Å². The van der Waals surface area contributed by atoms with Gasteiger partial charge in [0.25, 0.3) is 0 Å². The van der Waals surface area contributed by atoms with Gasteiger partial charge in [-0.25, -0.2) is 0 Å². The zero-order valence-electron chi connectivity index (χ0n) is 15.3. The van der Waals surface area contributed by atoms with Crippen LogP contribution in [0.2, 0.25) is 0 Å². The summed E-state index contributed by atoms with van der Waals surface area (Å²) < 4.78 is 5.37. The largest absolute Gasteiger partial charge is 0.481 e. The van der Waals surface area contributed by atoms with E-state index in [4.69, 9.17) is 4.74 Å². The van der Waals surface area contributed by atoms with Gasteiger partial charge < -0.3 is 15.2 Å². The van der Waals surface area contributed by atoms with E-state index < -0.39 is 11.5 Å². The van der Waals surface area contributed by atoms with Gasteiger partial charge in [0.15, 0.2) is 0 Å². The number of carbonyl (C=O) groups excluding carboxylic acids is 1. The average Bonchev–Trinajstić information content (AvgIpc) is 3.09. The molecule has 2 aromatic rings. The molecule has 5 nitrogen and oxygen atoms in total. The number of ether oxygens (including phenoxy) is 1. The molecule has 2 N–H and O–H groups in total. The monoisotopic (exact) mass is 367 g/mol. The Bertz CT molecular complexity index is 754. The fraction of sp³-hybridized carbons (Fsp3) is 0.364. The van der Waals surface area contributed by atoms with Crippen LogP contribution in [0.5, 0.6) is 0 Å². The lowest BCUT2D eigenvalue weighted by Crippen LogP contribution is -2.50. The standard InChI is InChI=1S/C22H25NO4/c24-20(23-22(15-21(25)26)11-12-27-16-22)14-19(18-9-5-2-6-10-18)13-17-7-3-1-4-8-17/h1-10,19H,11-16H2,(H,23,24)(H,25,26). The van der Waals surface area contributed by atoms with Crippen LogP contribution in [0.25, 0.3) is 0 Å². The van der Waals surface area contributed by atoms with Crippen molar-refractivity contribution in [3.63, 3.8) is 0 Å². The highest BCUT2D eigenvalue weighted by molar-refractivity contribution is 5.79. The van der Waals surface area contributed by atoms with Crippen LogP contribution in [0.3, 0.4) is 0 Å². The average molecular weight is 367 g/mol. The minimum Gasteiger partial charge on any atom is -0.481 e. The van der Waals surface area contributed by atoms with E-state index in [1.54, 1.807) is 0 Å². The number of rotatable bonds is 8. The first-order chi connectivity index (χ1) is 13.1. The molecule has 5 heteroatoms. The second-order valence-corrected chi connectivity index (χ2v) is 7.20. The fourth-order valence-corrected chi connectivity index (χ4v) is 3.68. The van der Waals surface area contributed by atoms with Gasteiger partial charge >= 0.3 is 5.97 Å². The van der Waals surface area contributed by atoms with Gasteiger partial charge in [-0.15, -0.1) is 0 Å². The molecule has 0 aliphatic carbocycles. The highest BCUT2D eigenvalue weighted by Crippen LogP contribution is 2.27.